The second-order valence-corrected chi connectivity index (χ2v) is 9.20. The number of benzene rings is 1. The smallest absolute Gasteiger partial charge is 0.281 e. The third-order valence-corrected chi connectivity index (χ3v) is 7.03. The summed E-state index contributed by atoms with van der Waals surface area (Å²) in [6, 6.07) is 6.42. The van der Waals surface area contributed by atoms with Gasteiger partial charge in [-0.3, -0.25) is 19.8 Å². The molecular weight excluding hydrogens is 448 g/mol. The third-order valence-electron chi connectivity index (χ3n) is 4.85. The molecule has 0 fully saturated rings. The molecule has 0 saturated carbocycles. The molecular formula is C21H20N6O3S2. The van der Waals surface area contributed by atoms with Gasteiger partial charge < -0.3 is 9.88 Å². The SMILES string of the molecule is Cc1sc2ncn(NC(=O)c3ccc(NC(=O)CSc4nccn4C)cc3)c(=O)c2c1C. The van der Waals surface area contributed by atoms with Crippen molar-refractivity contribution in [2.75, 3.05) is 16.5 Å². The summed E-state index contributed by atoms with van der Waals surface area (Å²) in [6.07, 6.45) is 4.80. The number of carbonyl (C=O) groups excluding carboxylic acids is 2. The van der Waals surface area contributed by atoms with Gasteiger partial charge in [-0.15, -0.1) is 11.3 Å². The van der Waals surface area contributed by atoms with Crippen molar-refractivity contribution in [2.45, 2.75) is 19.0 Å². The van der Waals surface area contributed by atoms with E-state index >= 15 is 0 Å². The van der Waals surface area contributed by atoms with E-state index in [0.717, 1.165) is 20.3 Å². The quantitative estimate of drug-likeness (QED) is 0.421. The molecule has 4 aromatic rings. The summed E-state index contributed by atoms with van der Waals surface area (Å²) in [5.74, 6) is -0.420. The molecule has 0 aliphatic carbocycles. The normalized spacial score (nSPS) is 11.0. The lowest BCUT2D eigenvalue weighted by Gasteiger charge is -2.09. The van der Waals surface area contributed by atoms with Gasteiger partial charge in [-0.05, 0) is 43.7 Å². The van der Waals surface area contributed by atoms with Crippen LogP contribution < -0.4 is 16.3 Å². The number of thiophene rings is 1. The van der Waals surface area contributed by atoms with E-state index in [2.05, 4.69) is 20.7 Å². The van der Waals surface area contributed by atoms with E-state index in [-0.39, 0.29) is 17.2 Å². The average molecular weight is 469 g/mol. The fourth-order valence-electron chi connectivity index (χ4n) is 3.01. The molecule has 0 radical (unpaired) electrons. The first-order chi connectivity index (χ1) is 15.3. The summed E-state index contributed by atoms with van der Waals surface area (Å²) in [7, 11) is 1.86. The Bertz CT molecular complexity index is 1370. The fraction of sp³-hybridized carbons (Fsp3) is 0.190. The van der Waals surface area contributed by atoms with E-state index in [1.54, 1.807) is 30.5 Å². The van der Waals surface area contributed by atoms with E-state index in [9.17, 15) is 14.4 Å². The number of aryl methyl sites for hydroxylation is 3. The summed E-state index contributed by atoms with van der Waals surface area (Å²) in [6.45, 7) is 3.80. The minimum absolute atomic E-state index is 0.178. The molecule has 0 saturated heterocycles. The van der Waals surface area contributed by atoms with E-state index in [0.29, 0.717) is 21.5 Å². The van der Waals surface area contributed by atoms with Gasteiger partial charge in [0.1, 0.15) is 11.2 Å². The number of amides is 2. The molecule has 3 heterocycles. The molecule has 3 aromatic heterocycles. The number of hydrogen-bond donors (Lipinski definition) is 2. The van der Waals surface area contributed by atoms with Crippen LogP contribution in [0.3, 0.4) is 0 Å². The zero-order valence-electron chi connectivity index (χ0n) is 17.6. The van der Waals surface area contributed by atoms with Gasteiger partial charge in [0.05, 0.1) is 11.1 Å². The highest BCUT2D eigenvalue weighted by Gasteiger charge is 2.14. The lowest BCUT2D eigenvalue weighted by molar-refractivity contribution is -0.113. The molecule has 0 aliphatic heterocycles. The minimum Gasteiger partial charge on any atom is -0.329 e. The second kappa shape index (κ2) is 8.97. The van der Waals surface area contributed by atoms with Gasteiger partial charge in [0.2, 0.25) is 5.91 Å². The van der Waals surface area contributed by atoms with Gasteiger partial charge >= 0.3 is 0 Å². The molecule has 1 aromatic carbocycles. The van der Waals surface area contributed by atoms with Crippen molar-refractivity contribution < 1.29 is 9.59 Å². The number of carbonyl (C=O) groups is 2. The monoisotopic (exact) mass is 468 g/mol. The fourth-order valence-corrected chi connectivity index (χ4v) is 4.73. The van der Waals surface area contributed by atoms with Gasteiger partial charge in [-0.25, -0.2) is 14.6 Å². The molecule has 32 heavy (non-hydrogen) atoms. The van der Waals surface area contributed by atoms with Crippen LogP contribution in [0.4, 0.5) is 5.69 Å². The van der Waals surface area contributed by atoms with Crippen LogP contribution in [0.2, 0.25) is 0 Å². The van der Waals surface area contributed by atoms with Crippen molar-refractivity contribution in [3.05, 3.63) is 69.3 Å². The molecule has 0 bridgehead atoms. The third kappa shape index (κ3) is 4.43. The van der Waals surface area contributed by atoms with Crippen LogP contribution in [-0.2, 0) is 11.8 Å². The number of nitrogens with one attached hydrogen (secondary N) is 2. The van der Waals surface area contributed by atoms with Crippen molar-refractivity contribution in [3.63, 3.8) is 0 Å². The highest BCUT2D eigenvalue weighted by molar-refractivity contribution is 7.99. The van der Waals surface area contributed by atoms with Crippen LogP contribution in [-0.4, -0.2) is 36.8 Å². The van der Waals surface area contributed by atoms with Gasteiger partial charge in [-0.1, -0.05) is 11.8 Å². The predicted octanol–water partition coefficient (Wildman–Crippen LogP) is 2.92. The van der Waals surface area contributed by atoms with Gasteiger partial charge in [0.15, 0.2) is 5.16 Å². The topological polar surface area (TPSA) is 111 Å². The van der Waals surface area contributed by atoms with Gasteiger partial charge in [0, 0.05) is 35.6 Å². The number of hydrogen-bond acceptors (Lipinski definition) is 7. The molecule has 9 nitrogen and oxygen atoms in total. The van der Waals surface area contributed by atoms with Crippen molar-refractivity contribution in [2.24, 2.45) is 7.05 Å². The molecule has 0 unspecified atom stereocenters. The first kappa shape index (κ1) is 21.8. The van der Waals surface area contributed by atoms with Crippen molar-refractivity contribution in [1.29, 1.82) is 0 Å². The molecule has 164 valence electrons. The lowest BCUT2D eigenvalue weighted by Crippen LogP contribution is -2.33. The maximum absolute atomic E-state index is 12.7. The Morgan fingerprint density at radius 1 is 1.16 bits per heavy atom. The molecule has 2 N–H and O–H groups in total. The second-order valence-electron chi connectivity index (χ2n) is 7.06. The standard InChI is InChI=1S/C21H20N6O3S2/c1-12-13(2)32-19-17(12)20(30)27(11-23-19)25-18(29)14-4-6-15(7-5-14)24-16(28)10-31-21-22-8-9-26(21)3/h4-9,11H,10H2,1-3H3,(H,24,28)(H,25,29). The maximum Gasteiger partial charge on any atom is 0.281 e. The number of nitrogens with zero attached hydrogens (tertiary/aromatic N) is 4. The Labute approximate surface area is 191 Å². The van der Waals surface area contributed by atoms with E-state index < -0.39 is 5.91 Å². The number of rotatable bonds is 6. The van der Waals surface area contributed by atoms with Crippen molar-refractivity contribution in [3.8, 4) is 0 Å². The maximum atomic E-state index is 12.7. The van der Waals surface area contributed by atoms with Crippen LogP contribution in [0.15, 0.2) is 52.9 Å². The van der Waals surface area contributed by atoms with E-state index in [1.165, 1.54) is 29.4 Å². The molecule has 0 aliphatic rings. The first-order valence-corrected chi connectivity index (χ1v) is 11.4. The Kier molecular flexibility index (Phi) is 6.10. The molecule has 4 rings (SSSR count). The summed E-state index contributed by atoms with van der Waals surface area (Å²) >= 11 is 2.78. The summed E-state index contributed by atoms with van der Waals surface area (Å²) in [5, 5.41) is 4.05. The zero-order valence-corrected chi connectivity index (χ0v) is 19.2. The number of aromatic nitrogens is 4. The van der Waals surface area contributed by atoms with E-state index in [1.807, 2.05) is 31.7 Å². The van der Waals surface area contributed by atoms with Crippen molar-refractivity contribution >= 4 is 50.8 Å². The lowest BCUT2D eigenvalue weighted by atomic mass is 10.2. The number of imidazole rings is 1. The minimum atomic E-state index is -0.457. The number of thioether (sulfide) groups is 1. The first-order valence-electron chi connectivity index (χ1n) is 9.62. The van der Waals surface area contributed by atoms with Crippen LogP contribution in [0.5, 0.6) is 0 Å². The van der Waals surface area contributed by atoms with Crippen LogP contribution in [0, 0.1) is 13.8 Å². The Morgan fingerprint density at radius 3 is 2.59 bits per heavy atom. The van der Waals surface area contributed by atoms with Gasteiger partial charge in [0.25, 0.3) is 11.5 Å². The number of fused-ring (bicyclic) bond motifs is 1. The summed E-state index contributed by atoms with van der Waals surface area (Å²) < 4.78 is 2.93. The van der Waals surface area contributed by atoms with Crippen LogP contribution >= 0.6 is 23.1 Å². The predicted molar refractivity (Wildman–Crippen MR) is 126 cm³/mol. The Morgan fingerprint density at radius 2 is 1.91 bits per heavy atom. The molecule has 2 amide bonds. The van der Waals surface area contributed by atoms with Gasteiger partial charge in [-0.2, -0.15) is 0 Å². The summed E-state index contributed by atoms with van der Waals surface area (Å²) in [5.41, 5.74) is 4.02. The largest absolute Gasteiger partial charge is 0.329 e. The van der Waals surface area contributed by atoms with E-state index in [4.69, 9.17) is 0 Å². The Balaban J connectivity index is 1.40. The van der Waals surface area contributed by atoms with Crippen LogP contribution in [0.1, 0.15) is 20.8 Å². The molecule has 0 spiro atoms. The molecule has 11 heteroatoms. The highest BCUT2D eigenvalue weighted by Crippen LogP contribution is 2.25. The van der Waals surface area contributed by atoms with Crippen molar-refractivity contribution in [1.82, 2.24) is 19.2 Å². The molecule has 0 atom stereocenters. The van der Waals surface area contributed by atoms with Crippen LogP contribution in [0.25, 0.3) is 10.2 Å². The summed E-state index contributed by atoms with van der Waals surface area (Å²) in [4.78, 5) is 47.6. The zero-order chi connectivity index (χ0) is 22.8. The average Bonchev–Trinajstić information content (AvgIpc) is 3.31. The number of anilines is 1. The Hall–Kier alpha value is -3.44. The highest BCUT2D eigenvalue weighted by atomic mass is 32.2.